The lowest BCUT2D eigenvalue weighted by atomic mass is 10.2. The van der Waals surface area contributed by atoms with Gasteiger partial charge in [-0.05, 0) is 12.1 Å². The van der Waals surface area contributed by atoms with Crippen molar-refractivity contribution in [2.45, 2.75) is 6.61 Å². The van der Waals surface area contributed by atoms with E-state index < -0.39 is 5.91 Å². The van der Waals surface area contributed by atoms with Crippen molar-refractivity contribution in [1.82, 2.24) is 5.16 Å². The fourth-order valence-electron chi connectivity index (χ4n) is 2.03. The third-order valence-corrected chi connectivity index (χ3v) is 3.54. The van der Waals surface area contributed by atoms with Gasteiger partial charge in [-0.2, -0.15) is 0 Å². The van der Waals surface area contributed by atoms with Crippen LogP contribution in [0.4, 0.5) is 5.69 Å². The number of carbonyl (C=O) groups is 1. The van der Waals surface area contributed by atoms with Crippen LogP contribution in [-0.2, 0) is 16.2 Å². The molecule has 0 aliphatic rings. The summed E-state index contributed by atoms with van der Waals surface area (Å²) in [6.07, 6.45) is 1.03. The first-order chi connectivity index (χ1) is 12.2. The zero-order chi connectivity index (χ0) is 17.5. The average Bonchev–Trinajstić information content (AvgIpc) is 3.10. The highest BCUT2D eigenvalue weighted by molar-refractivity contribution is 6.36. The zero-order valence-electron chi connectivity index (χ0n) is 13.1. The number of amides is 1. The van der Waals surface area contributed by atoms with Crippen LogP contribution in [0.2, 0.25) is 5.02 Å². The Kier molecular flexibility index (Phi) is 5.43. The second-order valence-electron chi connectivity index (χ2n) is 5.03. The van der Waals surface area contributed by atoms with Gasteiger partial charge in [0.05, 0.1) is 10.7 Å². The number of oxime groups is 1. The Morgan fingerprint density at radius 3 is 2.76 bits per heavy atom. The third kappa shape index (κ3) is 4.68. The second-order valence-corrected chi connectivity index (χ2v) is 5.43. The Morgan fingerprint density at radius 1 is 1.20 bits per heavy atom. The van der Waals surface area contributed by atoms with Crippen LogP contribution in [-0.4, -0.2) is 17.3 Å². The third-order valence-electron chi connectivity index (χ3n) is 3.21. The van der Waals surface area contributed by atoms with Gasteiger partial charge in [-0.15, -0.1) is 0 Å². The molecule has 0 unspecified atom stereocenters. The summed E-state index contributed by atoms with van der Waals surface area (Å²) in [6.45, 7) is 0.0895. The molecule has 25 heavy (non-hydrogen) atoms. The maximum atomic E-state index is 11.7. The number of nitrogens with zero attached hydrogens (tertiary/aromatic N) is 2. The number of anilines is 1. The molecule has 1 N–H and O–H groups in total. The highest BCUT2D eigenvalue weighted by Crippen LogP contribution is 2.20. The van der Waals surface area contributed by atoms with Crippen LogP contribution >= 0.6 is 11.6 Å². The minimum atomic E-state index is -0.446. The van der Waals surface area contributed by atoms with Crippen LogP contribution in [0.5, 0.6) is 0 Å². The van der Waals surface area contributed by atoms with Crippen molar-refractivity contribution in [3.63, 3.8) is 0 Å². The Hall–Kier alpha value is -3.12. The summed E-state index contributed by atoms with van der Waals surface area (Å²) >= 11 is 5.95. The van der Waals surface area contributed by atoms with Gasteiger partial charge in [0, 0.05) is 11.6 Å². The molecule has 0 bridgehead atoms. The minimum absolute atomic E-state index is 0.0895. The number of hydrogen-bond acceptors (Lipinski definition) is 5. The maximum absolute atomic E-state index is 11.7. The normalized spacial score (nSPS) is 10.8. The number of rotatable bonds is 6. The molecule has 2 aromatic carbocycles. The smallest absolute Gasteiger partial charge is 0.270 e. The number of carbonyl (C=O) groups excluding carboxylic acids is 1. The molecule has 3 rings (SSSR count). The van der Waals surface area contributed by atoms with Crippen LogP contribution in [0.25, 0.3) is 11.3 Å². The van der Waals surface area contributed by atoms with Gasteiger partial charge in [0.25, 0.3) is 5.91 Å². The van der Waals surface area contributed by atoms with Crippen LogP contribution in [0.15, 0.2) is 70.3 Å². The van der Waals surface area contributed by atoms with Crippen molar-refractivity contribution >= 4 is 29.4 Å². The lowest BCUT2D eigenvalue weighted by Crippen LogP contribution is -2.13. The standard InChI is InChI=1S/C18H14ClN3O3/c19-15-8-4-5-9-16(15)21-18(23)11-20-24-12-14-10-17(25-22-14)13-6-2-1-3-7-13/h1-11H,12H2,(H,21,23)/b20-11+. The zero-order valence-corrected chi connectivity index (χ0v) is 13.8. The fourth-order valence-corrected chi connectivity index (χ4v) is 2.22. The van der Waals surface area contributed by atoms with Crippen molar-refractivity contribution in [2.75, 3.05) is 5.32 Å². The molecule has 0 fully saturated rings. The number of para-hydroxylation sites is 1. The molecular weight excluding hydrogens is 342 g/mol. The first-order valence-corrected chi connectivity index (χ1v) is 7.82. The molecule has 6 nitrogen and oxygen atoms in total. The van der Waals surface area contributed by atoms with Gasteiger partial charge in [0.15, 0.2) is 12.4 Å². The van der Waals surface area contributed by atoms with Crippen molar-refractivity contribution in [1.29, 1.82) is 0 Å². The topological polar surface area (TPSA) is 76.7 Å². The molecule has 0 radical (unpaired) electrons. The fraction of sp³-hybridized carbons (Fsp3) is 0.0556. The molecule has 0 spiro atoms. The van der Waals surface area contributed by atoms with Crippen molar-refractivity contribution in [2.24, 2.45) is 5.16 Å². The van der Waals surface area contributed by atoms with E-state index in [1.54, 1.807) is 30.3 Å². The Labute approximate surface area is 149 Å². The van der Waals surface area contributed by atoms with Gasteiger partial charge in [-0.25, -0.2) is 0 Å². The number of aromatic nitrogens is 1. The van der Waals surface area contributed by atoms with Gasteiger partial charge in [0.2, 0.25) is 0 Å². The van der Waals surface area contributed by atoms with E-state index >= 15 is 0 Å². The summed E-state index contributed by atoms with van der Waals surface area (Å²) in [4.78, 5) is 16.8. The van der Waals surface area contributed by atoms with Gasteiger partial charge in [-0.3, -0.25) is 4.79 Å². The monoisotopic (exact) mass is 355 g/mol. The number of hydrogen-bond donors (Lipinski definition) is 1. The number of halogens is 1. The van der Waals surface area contributed by atoms with Gasteiger partial charge < -0.3 is 14.7 Å². The van der Waals surface area contributed by atoms with E-state index in [1.807, 2.05) is 30.3 Å². The second kappa shape index (κ2) is 8.12. The largest absolute Gasteiger partial charge is 0.389 e. The maximum Gasteiger partial charge on any atom is 0.270 e. The summed E-state index contributed by atoms with van der Waals surface area (Å²) in [5, 5.41) is 10.6. The first kappa shape index (κ1) is 16.7. The number of benzene rings is 2. The quantitative estimate of drug-likeness (QED) is 0.532. The summed E-state index contributed by atoms with van der Waals surface area (Å²) in [5.74, 6) is 0.192. The molecular formula is C18H14ClN3O3. The van der Waals surface area contributed by atoms with Gasteiger partial charge >= 0.3 is 0 Å². The molecule has 1 heterocycles. The molecule has 126 valence electrons. The molecule has 0 saturated carbocycles. The minimum Gasteiger partial charge on any atom is -0.389 e. The summed E-state index contributed by atoms with van der Waals surface area (Å²) in [5.41, 5.74) is 2.00. The van der Waals surface area contributed by atoms with Gasteiger partial charge in [0.1, 0.15) is 11.9 Å². The Morgan fingerprint density at radius 2 is 1.96 bits per heavy atom. The SMILES string of the molecule is O=C(/C=N/OCc1cc(-c2ccccc2)on1)Nc1ccccc1Cl. The predicted molar refractivity (Wildman–Crippen MR) is 95.3 cm³/mol. The van der Waals surface area contributed by atoms with Crippen molar-refractivity contribution < 1.29 is 14.2 Å². The van der Waals surface area contributed by atoms with E-state index in [4.69, 9.17) is 21.0 Å². The predicted octanol–water partition coefficient (Wildman–Crippen LogP) is 4.14. The van der Waals surface area contributed by atoms with Crippen molar-refractivity contribution in [3.05, 3.63) is 71.4 Å². The van der Waals surface area contributed by atoms with Crippen LogP contribution < -0.4 is 5.32 Å². The van der Waals surface area contributed by atoms with E-state index in [1.165, 1.54) is 0 Å². The van der Waals surface area contributed by atoms with E-state index in [9.17, 15) is 4.79 Å². The lowest BCUT2D eigenvalue weighted by molar-refractivity contribution is -0.110. The lowest BCUT2D eigenvalue weighted by Gasteiger charge is -2.03. The van der Waals surface area contributed by atoms with Gasteiger partial charge in [-0.1, -0.05) is 64.4 Å². The van der Waals surface area contributed by atoms with E-state index in [0.29, 0.717) is 22.2 Å². The molecule has 0 aliphatic heterocycles. The van der Waals surface area contributed by atoms with Crippen molar-refractivity contribution in [3.8, 4) is 11.3 Å². The van der Waals surface area contributed by atoms with E-state index in [2.05, 4.69) is 15.6 Å². The van der Waals surface area contributed by atoms with Crippen LogP contribution in [0, 0.1) is 0 Å². The highest BCUT2D eigenvalue weighted by Gasteiger charge is 2.07. The molecule has 0 aliphatic carbocycles. The molecule has 3 aromatic rings. The molecule has 1 amide bonds. The van der Waals surface area contributed by atoms with E-state index in [-0.39, 0.29) is 6.61 Å². The Bertz CT molecular complexity index is 878. The summed E-state index contributed by atoms with van der Waals surface area (Å²) in [7, 11) is 0. The Balaban J connectivity index is 1.49. The first-order valence-electron chi connectivity index (χ1n) is 7.44. The highest BCUT2D eigenvalue weighted by atomic mass is 35.5. The molecule has 0 saturated heterocycles. The van der Waals surface area contributed by atoms with E-state index in [0.717, 1.165) is 11.8 Å². The summed E-state index contributed by atoms with van der Waals surface area (Å²) in [6, 6.07) is 18.3. The van der Waals surface area contributed by atoms with Crippen LogP contribution in [0.3, 0.4) is 0 Å². The number of nitrogens with one attached hydrogen (secondary N) is 1. The van der Waals surface area contributed by atoms with Crippen LogP contribution in [0.1, 0.15) is 5.69 Å². The molecule has 7 heteroatoms. The molecule has 1 aromatic heterocycles. The average molecular weight is 356 g/mol. The summed E-state index contributed by atoms with van der Waals surface area (Å²) < 4.78 is 5.25. The molecule has 0 atom stereocenters.